The molecule has 0 spiro atoms. The molecular formula is C22H28FN3O4S. The fraction of sp³-hybridized carbons (Fsp3) is 0.364. The fourth-order valence-corrected chi connectivity index (χ4v) is 3.96. The minimum atomic E-state index is -3.82. The summed E-state index contributed by atoms with van der Waals surface area (Å²) in [7, 11) is -3.82. The van der Waals surface area contributed by atoms with Gasteiger partial charge in [0.1, 0.15) is 18.4 Å². The van der Waals surface area contributed by atoms with Crippen LogP contribution in [0.4, 0.5) is 10.1 Å². The number of hydrogen-bond donors (Lipinski definition) is 1. The van der Waals surface area contributed by atoms with Crippen LogP contribution in [0.15, 0.2) is 54.6 Å². The van der Waals surface area contributed by atoms with E-state index in [1.165, 1.54) is 17.0 Å². The maximum atomic E-state index is 13.3. The summed E-state index contributed by atoms with van der Waals surface area (Å²) in [6.07, 6.45) is 1.48. The second-order valence-corrected chi connectivity index (χ2v) is 9.05. The van der Waals surface area contributed by atoms with E-state index in [0.717, 1.165) is 28.3 Å². The molecule has 0 saturated carbocycles. The van der Waals surface area contributed by atoms with E-state index >= 15 is 0 Å². The van der Waals surface area contributed by atoms with Crippen LogP contribution in [0.2, 0.25) is 0 Å². The maximum absolute atomic E-state index is 13.3. The van der Waals surface area contributed by atoms with Gasteiger partial charge in [-0.05, 0) is 50.1 Å². The molecule has 168 valence electrons. The lowest BCUT2D eigenvalue weighted by atomic mass is 10.1. The molecule has 2 rings (SSSR count). The monoisotopic (exact) mass is 449 g/mol. The zero-order chi connectivity index (χ0) is 23.0. The van der Waals surface area contributed by atoms with Crippen molar-refractivity contribution in [1.29, 1.82) is 0 Å². The summed E-state index contributed by atoms with van der Waals surface area (Å²) < 4.78 is 38.9. The molecule has 0 aromatic heterocycles. The van der Waals surface area contributed by atoms with Crippen molar-refractivity contribution in [2.24, 2.45) is 0 Å². The third-order valence-corrected chi connectivity index (χ3v) is 5.94. The van der Waals surface area contributed by atoms with Crippen molar-refractivity contribution < 1.29 is 22.4 Å². The summed E-state index contributed by atoms with van der Waals surface area (Å²) in [5.41, 5.74) is 1.16. The van der Waals surface area contributed by atoms with Crippen LogP contribution in [-0.4, -0.2) is 57.1 Å². The fourth-order valence-electron chi connectivity index (χ4n) is 3.11. The Hall–Kier alpha value is -2.94. The van der Waals surface area contributed by atoms with Crippen molar-refractivity contribution in [2.75, 3.05) is 30.2 Å². The number of amides is 2. The average molecular weight is 450 g/mol. The number of hydrogen-bond acceptors (Lipinski definition) is 4. The van der Waals surface area contributed by atoms with Gasteiger partial charge in [0.2, 0.25) is 21.8 Å². The predicted molar refractivity (Wildman–Crippen MR) is 119 cm³/mol. The van der Waals surface area contributed by atoms with Gasteiger partial charge in [0.15, 0.2) is 0 Å². The van der Waals surface area contributed by atoms with E-state index in [1.54, 1.807) is 13.8 Å². The number of benzene rings is 2. The number of nitrogens with one attached hydrogen (secondary N) is 1. The Bertz CT molecular complexity index is 982. The van der Waals surface area contributed by atoms with Gasteiger partial charge in [-0.1, -0.05) is 30.3 Å². The molecule has 9 heteroatoms. The lowest BCUT2D eigenvalue weighted by Gasteiger charge is -2.31. The van der Waals surface area contributed by atoms with E-state index in [9.17, 15) is 22.4 Å². The van der Waals surface area contributed by atoms with Gasteiger partial charge >= 0.3 is 0 Å². The first-order valence-electron chi connectivity index (χ1n) is 9.98. The molecule has 0 fully saturated rings. The summed E-state index contributed by atoms with van der Waals surface area (Å²) in [5.74, 6) is -1.36. The highest BCUT2D eigenvalue weighted by atomic mass is 32.2. The SMILES string of the molecule is CCNC(=O)[C@@H](C)N(CCc1ccccc1)C(=O)CN(c1ccc(F)cc1)S(C)(=O)=O. The van der Waals surface area contributed by atoms with Gasteiger partial charge < -0.3 is 10.2 Å². The molecule has 2 aromatic carbocycles. The summed E-state index contributed by atoms with van der Waals surface area (Å²) in [6.45, 7) is 3.54. The Kier molecular flexibility index (Phi) is 8.56. The molecule has 0 aliphatic carbocycles. The van der Waals surface area contributed by atoms with Gasteiger partial charge in [-0.15, -0.1) is 0 Å². The second-order valence-electron chi connectivity index (χ2n) is 7.14. The van der Waals surface area contributed by atoms with Gasteiger partial charge in [-0.25, -0.2) is 12.8 Å². The molecule has 0 aliphatic rings. The number of halogens is 1. The van der Waals surface area contributed by atoms with Gasteiger partial charge in [0.25, 0.3) is 0 Å². The molecule has 2 aromatic rings. The smallest absolute Gasteiger partial charge is 0.244 e. The van der Waals surface area contributed by atoms with Crippen molar-refractivity contribution in [3.05, 3.63) is 66.0 Å². The average Bonchev–Trinajstić information content (AvgIpc) is 2.73. The van der Waals surface area contributed by atoms with Crippen LogP contribution >= 0.6 is 0 Å². The molecule has 0 bridgehead atoms. The van der Waals surface area contributed by atoms with E-state index in [2.05, 4.69) is 5.32 Å². The van der Waals surface area contributed by atoms with E-state index in [1.807, 2.05) is 30.3 Å². The lowest BCUT2D eigenvalue weighted by Crippen LogP contribution is -2.52. The van der Waals surface area contributed by atoms with Gasteiger partial charge in [0, 0.05) is 13.1 Å². The number of rotatable bonds is 10. The highest BCUT2D eigenvalue weighted by molar-refractivity contribution is 7.92. The van der Waals surface area contributed by atoms with E-state index < -0.39 is 34.3 Å². The molecule has 0 unspecified atom stereocenters. The molecule has 0 saturated heterocycles. The van der Waals surface area contributed by atoms with E-state index in [4.69, 9.17) is 0 Å². The summed E-state index contributed by atoms with van der Waals surface area (Å²) >= 11 is 0. The summed E-state index contributed by atoms with van der Waals surface area (Å²) in [4.78, 5) is 27.0. The van der Waals surface area contributed by atoms with Crippen LogP contribution in [0, 0.1) is 5.82 Å². The quantitative estimate of drug-likeness (QED) is 0.602. The first kappa shape index (κ1) is 24.3. The number of carbonyl (C=O) groups is 2. The van der Waals surface area contributed by atoms with Crippen LogP contribution in [-0.2, 0) is 26.0 Å². The van der Waals surface area contributed by atoms with Crippen LogP contribution in [0.3, 0.4) is 0 Å². The molecule has 0 aliphatic heterocycles. The van der Waals surface area contributed by atoms with Crippen molar-refractivity contribution in [1.82, 2.24) is 10.2 Å². The Labute approximate surface area is 182 Å². The Morgan fingerprint density at radius 2 is 1.68 bits per heavy atom. The number of carbonyl (C=O) groups excluding carboxylic acids is 2. The molecule has 1 N–H and O–H groups in total. The zero-order valence-corrected chi connectivity index (χ0v) is 18.7. The van der Waals surface area contributed by atoms with Crippen LogP contribution in [0.25, 0.3) is 0 Å². The van der Waals surface area contributed by atoms with E-state index in [0.29, 0.717) is 13.0 Å². The number of likely N-dealkylation sites (N-methyl/N-ethyl adjacent to an activating group) is 1. The predicted octanol–water partition coefficient (Wildman–Crippen LogP) is 2.19. The number of nitrogens with zero attached hydrogens (tertiary/aromatic N) is 2. The molecule has 0 heterocycles. The molecule has 7 nitrogen and oxygen atoms in total. The summed E-state index contributed by atoms with van der Waals surface area (Å²) in [6, 6.07) is 13.5. The first-order valence-corrected chi connectivity index (χ1v) is 11.8. The van der Waals surface area contributed by atoms with Crippen molar-refractivity contribution in [3.63, 3.8) is 0 Å². The van der Waals surface area contributed by atoms with E-state index in [-0.39, 0.29) is 18.1 Å². The Balaban J connectivity index is 2.28. The highest BCUT2D eigenvalue weighted by Gasteiger charge is 2.29. The zero-order valence-electron chi connectivity index (χ0n) is 17.9. The second kappa shape index (κ2) is 10.9. The molecule has 0 radical (unpaired) electrons. The Morgan fingerprint density at radius 3 is 2.23 bits per heavy atom. The number of sulfonamides is 1. The third-order valence-electron chi connectivity index (χ3n) is 4.80. The number of anilines is 1. The third kappa shape index (κ3) is 7.06. The Morgan fingerprint density at radius 1 is 1.06 bits per heavy atom. The topological polar surface area (TPSA) is 86.8 Å². The van der Waals surface area contributed by atoms with Gasteiger partial charge in [0.05, 0.1) is 11.9 Å². The first-order chi connectivity index (χ1) is 14.6. The lowest BCUT2D eigenvalue weighted by molar-refractivity contribution is -0.138. The van der Waals surface area contributed by atoms with Crippen LogP contribution in [0.1, 0.15) is 19.4 Å². The minimum Gasteiger partial charge on any atom is -0.355 e. The van der Waals surface area contributed by atoms with Crippen molar-refractivity contribution in [3.8, 4) is 0 Å². The molecular weight excluding hydrogens is 421 g/mol. The van der Waals surface area contributed by atoms with Crippen LogP contribution in [0.5, 0.6) is 0 Å². The molecule has 1 atom stereocenters. The normalized spacial score (nSPS) is 12.1. The van der Waals surface area contributed by atoms with Crippen molar-refractivity contribution in [2.45, 2.75) is 26.3 Å². The minimum absolute atomic E-state index is 0.172. The standard InChI is InChI=1S/C22H28FN3O4S/c1-4-24-22(28)17(2)25(15-14-18-8-6-5-7-9-18)21(27)16-26(31(3,29)30)20-12-10-19(23)11-13-20/h5-13,17H,4,14-16H2,1-3H3,(H,24,28)/t17-/m1/s1. The van der Waals surface area contributed by atoms with Crippen molar-refractivity contribution >= 4 is 27.5 Å². The maximum Gasteiger partial charge on any atom is 0.244 e. The summed E-state index contributed by atoms with van der Waals surface area (Å²) in [5, 5.41) is 2.69. The highest BCUT2D eigenvalue weighted by Crippen LogP contribution is 2.19. The van der Waals surface area contributed by atoms with Gasteiger partial charge in [-0.3, -0.25) is 13.9 Å². The largest absolute Gasteiger partial charge is 0.355 e. The van der Waals surface area contributed by atoms with Crippen LogP contribution < -0.4 is 9.62 Å². The molecule has 31 heavy (non-hydrogen) atoms. The van der Waals surface area contributed by atoms with Gasteiger partial charge in [-0.2, -0.15) is 0 Å². The molecule has 2 amide bonds.